The van der Waals surface area contributed by atoms with Gasteiger partial charge in [0.25, 0.3) is 0 Å². The van der Waals surface area contributed by atoms with E-state index in [0.29, 0.717) is 17.4 Å². The van der Waals surface area contributed by atoms with Crippen molar-refractivity contribution in [3.8, 4) is 0 Å². The van der Waals surface area contributed by atoms with Crippen LogP contribution in [0.2, 0.25) is 5.02 Å². The molecule has 0 bridgehead atoms. The number of nitrogens with one attached hydrogen (secondary N) is 1. The highest BCUT2D eigenvalue weighted by atomic mass is 35.5. The first-order valence-corrected chi connectivity index (χ1v) is 7.35. The van der Waals surface area contributed by atoms with Crippen molar-refractivity contribution in [1.29, 1.82) is 0 Å². The van der Waals surface area contributed by atoms with Gasteiger partial charge in [-0.3, -0.25) is 0 Å². The summed E-state index contributed by atoms with van der Waals surface area (Å²) in [4.78, 5) is 0. The van der Waals surface area contributed by atoms with Crippen molar-refractivity contribution in [1.82, 2.24) is 5.32 Å². The molecule has 18 heavy (non-hydrogen) atoms. The van der Waals surface area contributed by atoms with Gasteiger partial charge >= 0.3 is 0 Å². The Balaban J connectivity index is 2.27. The molecule has 0 aliphatic heterocycles. The Labute approximate surface area is 116 Å². The van der Waals surface area contributed by atoms with E-state index >= 15 is 0 Å². The summed E-state index contributed by atoms with van der Waals surface area (Å²) < 4.78 is 0. The van der Waals surface area contributed by atoms with E-state index < -0.39 is 0 Å². The van der Waals surface area contributed by atoms with Crippen LogP contribution in [0.5, 0.6) is 0 Å². The predicted molar refractivity (Wildman–Crippen MR) is 79.0 cm³/mol. The molecule has 0 amide bonds. The van der Waals surface area contributed by atoms with Gasteiger partial charge in [0.15, 0.2) is 0 Å². The molecule has 2 atom stereocenters. The van der Waals surface area contributed by atoms with Gasteiger partial charge in [-0.2, -0.15) is 0 Å². The largest absolute Gasteiger partial charge is 0.313 e. The summed E-state index contributed by atoms with van der Waals surface area (Å²) >= 11 is 6.13. The van der Waals surface area contributed by atoms with Crippen molar-refractivity contribution >= 4 is 11.6 Å². The van der Waals surface area contributed by atoms with Gasteiger partial charge in [-0.25, -0.2) is 0 Å². The smallest absolute Gasteiger partial charge is 0.0409 e. The number of benzene rings is 1. The zero-order valence-electron chi connectivity index (χ0n) is 11.7. The maximum absolute atomic E-state index is 6.13. The molecule has 1 saturated carbocycles. The molecule has 1 aromatic rings. The summed E-state index contributed by atoms with van der Waals surface area (Å²) in [5.74, 6) is 0.690. The highest BCUT2D eigenvalue weighted by Crippen LogP contribution is 2.46. The zero-order chi connectivity index (χ0) is 13.2. The van der Waals surface area contributed by atoms with Crippen LogP contribution in [0.1, 0.15) is 51.1 Å². The summed E-state index contributed by atoms with van der Waals surface area (Å²) in [5.41, 5.74) is 1.74. The maximum Gasteiger partial charge on any atom is 0.0409 e. The minimum absolute atomic E-state index is 0.411. The molecule has 100 valence electrons. The Hall–Kier alpha value is -0.530. The third kappa shape index (κ3) is 2.89. The lowest BCUT2D eigenvalue weighted by atomic mass is 9.65. The molecular formula is C16H24ClN. The second kappa shape index (κ2) is 5.63. The second-order valence-corrected chi connectivity index (χ2v) is 6.60. The van der Waals surface area contributed by atoms with Crippen LogP contribution in [0.4, 0.5) is 0 Å². The fourth-order valence-electron chi connectivity index (χ4n) is 3.44. The Morgan fingerprint density at radius 1 is 1.33 bits per heavy atom. The normalized spacial score (nSPS) is 24.8. The molecule has 1 aliphatic rings. The van der Waals surface area contributed by atoms with Crippen LogP contribution in [-0.2, 0) is 0 Å². The third-order valence-electron chi connectivity index (χ3n) is 4.51. The lowest BCUT2D eigenvalue weighted by Crippen LogP contribution is -2.37. The van der Waals surface area contributed by atoms with Gasteiger partial charge in [0, 0.05) is 11.1 Å². The van der Waals surface area contributed by atoms with Gasteiger partial charge in [-0.05, 0) is 48.9 Å². The summed E-state index contributed by atoms with van der Waals surface area (Å²) in [6.45, 7) is 4.82. The van der Waals surface area contributed by atoms with Gasteiger partial charge in [0.05, 0.1) is 0 Å². The van der Waals surface area contributed by atoms with E-state index in [1.54, 1.807) is 0 Å². The van der Waals surface area contributed by atoms with Crippen LogP contribution in [-0.4, -0.2) is 7.05 Å². The van der Waals surface area contributed by atoms with E-state index in [1.165, 1.54) is 31.2 Å². The number of halogens is 1. The van der Waals surface area contributed by atoms with E-state index in [2.05, 4.69) is 44.4 Å². The summed E-state index contributed by atoms with van der Waals surface area (Å²) in [5, 5.41) is 4.35. The SMILES string of the molecule is CNC(c1cccc(Cl)c1)C1CCCCC1(C)C. The molecule has 0 aromatic heterocycles. The van der Waals surface area contributed by atoms with Gasteiger partial charge in [-0.1, -0.05) is 50.4 Å². The standard InChI is InChI=1S/C16H24ClN/c1-16(2)10-5-4-9-14(16)15(18-3)12-7-6-8-13(17)11-12/h6-8,11,14-15,18H,4-5,9-10H2,1-3H3. The number of hydrogen-bond acceptors (Lipinski definition) is 1. The average molecular weight is 266 g/mol. The van der Waals surface area contributed by atoms with Crippen molar-refractivity contribution in [3.05, 3.63) is 34.9 Å². The van der Waals surface area contributed by atoms with Crippen molar-refractivity contribution in [2.45, 2.75) is 45.6 Å². The highest BCUT2D eigenvalue weighted by molar-refractivity contribution is 6.30. The van der Waals surface area contributed by atoms with Crippen molar-refractivity contribution in [2.75, 3.05) is 7.05 Å². The van der Waals surface area contributed by atoms with Crippen molar-refractivity contribution in [3.63, 3.8) is 0 Å². The highest BCUT2D eigenvalue weighted by Gasteiger charge is 2.37. The molecule has 2 rings (SSSR count). The molecule has 1 nitrogen and oxygen atoms in total. The lowest BCUT2D eigenvalue weighted by Gasteiger charge is -2.43. The predicted octanol–water partition coefficient (Wildman–Crippen LogP) is 4.82. The molecule has 0 spiro atoms. The van der Waals surface area contributed by atoms with Crippen molar-refractivity contribution < 1.29 is 0 Å². The fourth-order valence-corrected chi connectivity index (χ4v) is 3.64. The number of rotatable bonds is 3. The quantitative estimate of drug-likeness (QED) is 0.826. The maximum atomic E-state index is 6.13. The zero-order valence-corrected chi connectivity index (χ0v) is 12.4. The fraction of sp³-hybridized carbons (Fsp3) is 0.625. The van der Waals surface area contributed by atoms with Crippen LogP contribution in [0.15, 0.2) is 24.3 Å². The van der Waals surface area contributed by atoms with Crippen molar-refractivity contribution in [2.24, 2.45) is 11.3 Å². The van der Waals surface area contributed by atoms with E-state index in [4.69, 9.17) is 11.6 Å². The van der Waals surface area contributed by atoms with Crippen LogP contribution >= 0.6 is 11.6 Å². The first-order valence-electron chi connectivity index (χ1n) is 6.97. The average Bonchev–Trinajstić information content (AvgIpc) is 2.32. The molecule has 1 fully saturated rings. The molecule has 0 heterocycles. The molecule has 1 N–H and O–H groups in total. The summed E-state index contributed by atoms with van der Waals surface area (Å²) in [6.07, 6.45) is 5.36. The summed E-state index contributed by atoms with van der Waals surface area (Å²) in [6, 6.07) is 8.71. The third-order valence-corrected chi connectivity index (χ3v) is 4.75. The minimum Gasteiger partial charge on any atom is -0.313 e. The van der Waals surface area contributed by atoms with E-state index in [-0.39, 0.29) is 0 Å². The van der Waals surface area contributed by atoms with Crippen LogP contribution < -0.4 is 5.32 Å². The number of hydrogen-bond donors (Lipinski definition) is 1. The van der Waals surface area contributed by atoms with E-state index in [9.17, 15) is 0 Å². The Morgan fingerprint density at radius 3 is 2.72 bits per heavy atom. The van der Waals surface area contributed by atoms with Crippen LogP contribution in [0, 0.1) is 11.3 Å². The first-order chi connectivity index (χ1) is 8.54. The first kappa shape index (κ1) is 13.9. The molecule has 0 radical (unpaired) electrons. The molecule has 2 unspecified atom stereocenters. The summed E-state index contributed by atoms with van der Waals surface area (Å²) in [7, 11) is 2.07. The molecule has 2 heteroatoms. The van der Waals surface area contributed by atoms with Crippen LogP contribution in [0.3, 0.4) is 0 Å². The molecule has 1 aromatic carbocycles. The van der Waals surface area contributed by atoms with Gasteiger partial charge in [0.2, 0.25) is 0 Å². The lowest BCUT2D eigenvalue weighted by molar-refractivity contribution is 0.101. The topological polar surface area (TPSA) is 12.0 Å². The Bertz CT molecular complexity index is 400. The van der Waals surface area contributed by atoms with E-state index in [0.717, 1.165) is 5.02 Å². The van der Waals surface area contributed by atoms with E-state index in [1.807, 2.05) is 6.07 Å². The molecular weight excluding hydrogens is 242 g/mol. The van der Waals surface area contributed by atoms with Gasteiger partial charge in [-0.15, -0.1) is 0 Å². The van der Waals surface area contributed by atoms with Gasteiger partial charge < -0.3 is 5.32 Å². The second-order valence-electron chi connectivity index (χ2n) is 6.16. The van der Waals surface area contributed by atoms with Gasteiger partial charge in [0.1, 0.15) is 0 Å². The minimum atomic E-state index is 0.411. The molecule has 0 saturated heterocycles. The Kier molecular flexibility index (Phi) is 4.34. The van der Waals surface area contributed by atoms with Crippen LogP contribution in [0.25, 0.3) is 0 Å². The molecule has 1 aliphatic carbocycles. The Morgan fingerprint density at radius 2 is 2.11 bits per heavy atom. The monoisotopic (exact) mass is 265 g/mol.